The lowest BCUT2D eigenvalue weighted by molar-refractivity contribution is 0.0772. The quantitative estimate of drug-likeness (QED) is 0.810. The number of carbonyl (C=O) groups is 1. The van der Waals surface area contributed by atoms with Crippen molar-refractivity contribution in [3.8, 4) is 17.2 Å². The first-order valence-corrected chi connectivity index (χ1v) is 7.39. The van der Waals surface area contributed by atoms with Gasteiger partial charge in [0.2, 0.25) is 0 Å². The largest absolute Gasteiger partial charge is 0.493 e. The highest BCUT2D eigenvalue weighted by Gasteiger charge is 2.15. The molecule has 0 aromatic heterocycles. The van der Waals surface area contributed by atoms with Gasteiger partial charge in [-0.25, -0.2) is 0 Å². The predicted molar refractivity (Wildman–Crippen MR) is 86.8 cm³/mol. The highest BCUT2D eigenvalue weighted by Crippen LogP contribution is 2.32. The average Bonchev–Trinajstić information content (AvgIpc) is 2.57. The molecule has 0 fully saturated rings. The maximum Gasteiger partial charge on any atom is 0.253 e. The third kappa shape index (κ3) is 3.58. The molecule has 4 nitrogen and oxygen atoms in total. The monoisotopic (exact) mass is 299 g/mol. The third-order valence-electron chi connectivity index (χ3n) is 3.43. The summed E-state index contributed by atoms with van der Waals surface area (Å²) < 4.78 is 11.2. The number of nitrogens with zero attached hydrogens (tertiary/aromatic N) is 1. The van der Waals surface area contributed by atoms with E-state index < -0.39 is 0 Å². The maximum absolute atomic E-state index is 12.4. The number of benzene rings is 2. The van der Waals surface area contributed by atoms with Gasteiger partial charge in [-0.15, -0.1) is 0 Å². The van der Waals surface area contributed by atoms with Crippen LogP contribution < -0.4 is 9.47 Å². The zero-order valence-corrected chi connectivity index (χ0v) is 13.2. The van der Waals surface area contributed by atoms with Crippen molar-refractivity contribution in [1.29, 1.82) is 0 Å². The fourth-order valence-corrected chi connectivity index (χ4v) is 2.19. The standard InChI is InChI=1S/C18H21NO3/c1-4-19(5-2)18(20)14-11-12-16(17(13-14)21-3)22-15-9-7-6-8-10-15/h6-13H,4-5H2,1-3H3. The number of amides is 1. The van der Waals surface area contributed by atoms with Crippen molar-refractivity contribution in [2.24, 2.45) is 0 Å². The molecule has 0 atom stereocenters. The summed E-state index contributed by atoms with van der Waals surface area (Å²) in [6, 6.07) is 14.7. The molecule has 1 amide bonds. The second kappa shape index (κ2) is 7.50. The molecule has 0 saturated heterocycles. The summed E-state index contributed by atoms with van der Waals surface area (Å²) in [6.45, 7) is 5.29. The van der Waals surface area contributed by atoms with Gasteiger partial charge in [-0.1, -0.05) is 18.2 Å². The van der Waals surface area contributed by atoms with Crippen LogP contribution in [0.3, 0.4) is 0 Å². The van der Waals surface area contributed by atoms with E-state index in [1.165, 1.54) is 0 Å². The Labute approximate surface area is 131 Å². The minimum atomic E-state index is -0.00504. The molecule has 0 aliphatic heterocycles. The van der Waals surface area contributed by atoms with E-state index in [9.17, 15) is 4.79 Å². The van der Waals surface area contributed by atoms with E-state index in [1.54, 1.807) is 30.2 Å². The van der Waals surface area contributed by atoms with Crippen LogP contribution in [0.15, 0.2) is 48.5 Å². The van der Waals surface area contributed by atoms with Gasteiger partial charge in [-0.3, -0.25) is 4.79 Å². The number of carbonyl (C=O) groups excluding carboxylic acids is 1. The number of ether oxygens (including phenoxy) is 2. The van der Waals surface area contributed by atoms with Crippen LogP contribution in [-0.4, -0.2) is 31.0 Å². The topological polar surface area (TPSA) is 38.8 Å². The summed E-state index contributed by atoms with van der Waals surface area (Å²) >= 11 is 0. The Bertz CT molecular complexity index is 621. The average molecular weight is 299 g/mol. The molecular weight excluding hydrogens is 278 g/mol. The molecule has 2 aromatic carbocycles. The van der Waals surface area contributed by atoms with Crippen LogP contribution in [0.5, 0.6) is 17.2 Å². The minimum Gasteiger partial charge on any atom is -0.493 e. The molecule has 0 unspecified atom stereocenters. The molecule has 22 heavy (non-hydrogen) atoms. The molecule has 0 N–H and O–H groups in total. The first kappa shape index (κ1) is 15.9. The normalized spacial score (nSPS) is 10.1. The lowest BCUT2D eigenvalue weighted by atomic mass is 10.1. The SMILES string of the molecule is CCN(CC)C(=O)c1ccc(Oc2ccccc2)c(OC)c1. The fraction of sp³-hybridized carbons (Fsp3) is 0.278. The molecule has 0 aliphatic carbocycles. The van der Waals surface area contributed by atoms with Crippen molar-refractivity contribution in [3.05, 3.63) is 54.1 Å². The number of para-hydroxylation sites is 1. The van der Waals surface area contributed by atoms with E-state index >= 15 is 0 Å². The Morgan fingerprint density at radius 1 is 1.00 bits per heavy atom. The molecule has 2 aromatic rings. The van der Waals surface area contributed by atoms with Crippen molar-refractivity contribution >= 4 is 5.91 Å². The van der Waals surface area contributed by atoms with E-state index in [-0.39, 0.29) is 5.91 Å². The minimum absolute atomic E-state index is 0.00504. The highest BCUT2D eigenvalue weighted by atomic mass is 16.5. The van der Waals surface area contributed by atoms with Gasteiger partial charge < -0.3 is 14.4 Å². The van der Waals surface area contributed by atoms with Gasteiger partial charge in [0.1, 0.15) is 5.75 Å². The van der Waals surface area contributed by atoms with Crippen LogP contribution in [0.25, 0.3) is 0 Å². The molecule has 0 bridgehead atoms. The first-order valence-electron chi connectivity index (χ1n) is 7.39. The third-order valence-corrected chi connectivity index (χ3v) is 3.43. The highest BCUT2D eigenvalue weighted by molar-refractivity contribution is 5.94. The molecule has 4 heteroatoms. The smallest absolute Gasteiger partial charge is 0.253 e. The fourth-order valence-electron chi connectivity index (χ4n) is 2.19. The molecule has 0 radical (unpaired) electrons. The second-order valence-electron chi connectivity index (χ2n) is 4.76. The zero-order valence-electron chi connectivity index (χ0n) is 13.2. The van der Waals surface area contributed by atoms with Crippen molar-refractivity contribution in [2.75, 3.05) is 20.2 Å². The number of hydrogen-bond donors (Lipinski definition) is 0. The van der Waals surface area contributed by atoms with Crippen LogP contribution in [-0.2, 0) is 0 Å². The summed E-state index contributed by atoms with van der Waals surface area (Å²) in [5, 5.41) is 0. The van der Waals surface area contributed by atoms with Crippen molar-refractivity contribution in [3.63, 3.8) is 0 Å². The van der Waals surface area contributed by atoms with E-state index in [0.29, 0.717) is 30.2 Å². The Morgan fingerprint density at radius 2 is 1.68 bits per heavy atom. The molecule has 0 heterocycles. The summed E-state index contributed by atoms with van der Waals surface area (Å²) in [7, 11) is 1.57. The van der Waals surface area contributed by atoms with Crippen molar-refractivity contribution in [2.45, 2.75) is 13.8 Å². The van der Waals surface area contributed by atoms with Crippen LogP contribution in [0, 0.1) is 0 Å². The van der Waals surface area contributed by atoms with Gasteiger partial charge in [0, 0.05) is 18.7 Å². The molecule has 0 saturated carbocycles. The van der Waals surface area contributed by atoms with Gasteiger partial charge in [-0.2, -0.15) is 0 Å². The lowest BCUT2D eigenvalue weighted by Gasteiger charge is -2.19. The van der Waals surface area contributed by atoms with Crippen LogP contribution in [0.1, 0.15) is 24.2 Å². The number of rotatable bonds is 6. The van der Waals surface area contributed by atoms with E-state index in [4.69, 9.17) is 9.47 Å². The Kier molecular flexibility index (Phi) is 5.42. The van der Waals surface area contributed by atoms with Crippen LogP contribution >= 0.6 is 0 Å². The first-order chi connectivity index (χ1) is 10.7. The van der Waals surface area contributed by atoms with Gasteiger partial charge >= 0.3 is 0 Å². The number of methoxy groups -OCH3 is 1. The van der Waals surface area contributed by atoms with Crippen LogP contribution in [0.2, 0.25) is 0 Å². The second-order valence-corrected chi connectivity index (χ2v) is 4.76. The Morgan fingerprint density at radius 3 is 2.27 bits per heavy atom. The van der Waals surface area contributed by atoms with Gasteiger partial charge in [0.15, 0.2) is 11.5 Å². The lowest BCUT2D eigenvalue weighted by Crippen LogP contribution is -2.30. The molecule has 0 spiro atoms. The summed E-state index contributed by atoms with van der Waals surface area (Å²) in [5.74, 6) is 1.85. The van der Waals surface area contributed by atoms with Gasteiger partial charge in [-0.05, 0) is 44.2 Å². The molecular formula is C18H21NO3. The molecule has 116 valence electrons. The van der Waals surface area contributed by atoms with Crippen molar-refractivity contribution < 1.29 is 14.3 Å². The molecule has 0 aliphatic rings. The molecule has 2 rings (SSSR count). The van der Waals surface area contributed by atoms with Crippen molar-refractivity contribution in [1.82, 2.24) is 4.90 Å². The maximum atomic E-state index is 12.4. The van der Waals surface area contributed by atoms with E-state index in [1.807, 2.05) is 44.2 Å². The Hall–Kier alpha value is -2.49. The predicted octanol–water partition coefficient (Wildman–Crippen LogP) is 3.97. The van der Waals surface area contributed by atoms with Gasteiger partial charge in [0.05, 0.1) is 7.11 Å². The summed E-state index contributed by atoms with van der Waals surface area (Å²) in [6.07, 6.45) is 0. The number of hydrogen-bond acceptors (Lipinski definition) is 3. The summed E-state index contributed by atoms with van der Waals surface area (Å²) in [5.41, 5.74) is 0.598. The van der Waals surface area contributed by atoms with E-state index in [0.717, 1.165) is 5.75 Å². The zero-order chi connectivity index (χ0) is 15.9. The summed E-state index contributed by atoms with van der Waals surface area (Å²) in [4.78, 5) is 14.1. The van der Waals surface area contributed by atoms with Gasteiger partial charge in [0.25, 0.3) is 5.91 Å². The van der Waals surface area contributed by atoms with Crippen LogP contribution in [0.4, 0.5) is 0 Å². The van der Waals surface area contributed by atoms with E-state index in [2.05, 4.69) is 0 Å². The Balaban J connectivity index is 2.26.